The van der Waals surface area contributed by atoms with E-state index in [1.54, 1.807) is 0 Å². The molecule has 0 saturated carbocycles. The summed E-state index contributed by atoms with van der Waals surface area (Å²) in [6.45, 7) is 1.13. The van der Waals surface area contributed by atoms with Crippen LogP contribution in [-0.2, 0) is 24.5 Å². The van der Waals surface area contributed by atoms with Crippen LogP contribution in [0.15, 0.2) is 24.3 Å². The minimum atomic E-state index is -1.06. The van der Waals surface area contributed by atoms with Crippen molar-refractivity contribution in [3.05, 3.63) is 46.4 Å². The minimum absolute atomic E-state index is 0.184. The lowest BCUT2D eigenvalue weighted by Gasteiger charge is -2.09. The molecule has 0 bridgehead atoms. The second-order valence-corrected chi connectivity index (χ2v) is 4.96. The molecule has 0 saturated heterocycles. The van der Waals surface area contributed by atoms with E-state index >= 15 is 0 Å². The minimum Gasteiger partial charge on any atom is -0.465 e. The van der Waals surface area contributed by atoms with Crippen LogP contribution in [0.2, 0.25) is 5.28 Å². The van der Waals surface area contributed by atoms with E-state index in [0.29, 0.717) is 13.2 Å². The van der Waals surface area contributed by atoms with Gasteiger partial charge in [-0.15, -0.1) is 0 Å². The Morgan fingerprint density at radius 3 is 3.05 bits per heavy atom. The molecule has 2 heterocycles. The molecule has 0 unspecified atom stereocenters. The van der Waals surface area contributed by atoms with Crippen molar-refractivity contribution in [3.63, 3.8) is 0 Å². The molecule has 0 radical (unpaired) electrons. The first-order valence-corrected chi connectivity index (χ1v) is 6.70. The quantitative estimate of drug-likeness (QED) is 0.851. The van der Waals surface area contributed by atoms with Crippen LogP contribution < -0.4 is 5.32 Å². The van der Waals surface area contributed by atoms with Gasteiger partial charge in [0.1, 0.15) is 0 Å². The van der Waals surface area contributed by atoms with Crippen molar-refractivity contribution in [2.75, 3.05) is 0 Å². The fourth-order valence-corrected chi connectivity index (χ4v) is 2.45. The molecule has 1 aromatic heterocycles. The average molecular weight is 306 g/mol. The van der Waals surface area contributed by atoms with Gasteiger partial charge in [0.2, 0.25) is 5.28 Å². The van der Waals surface area contributed by atoms with E-state index in [1.807, 2.05) is 24.3 Å². The van der Waals surface area contributed by atoms with Crippen LogP contribution in [0.3, 0.4) is 0 Å². The first-order valence-electron chi connectivity index (χ1n) is 6.32. The van der Waals surface area contributed by atoms with E-state index in [-0.39, 0.29) is 11.8 Å². The molecule has 7 heteroatoms. The Morgan fingerprint density at radius 2 is 2.24 bits per heavy atom. The molecule has 6 nitrogen and oxygen atoms in total. The van der Waals surface area contributed by atoms with Gasteiger partial charge < -0.3 is 15.2 Å². The summed E-state index contributed by atoms with van der Waals surface area (Å²) in [4.78, 5) is 19.0. The number of ether oxygens (including phenoxy) is 1. The van der Waals surface area contributed by atoms with Crippen LogP contribution in [0.5, 0.6) is 0 Å². The SMILES string of the molecule is O=C(O)NCc1cccc(-c2nc(Cl)nc3c2COC3)c1. The lowest BCUT2D eigenvalue weighted by Crippen LogP contribution is -2.19. The fourth-order valence-electron chi connectivity index (χ4n) is 2.27. The number of rotatable bonds is 3. The van der Waals surface area contributed by atoms with Crippen molar-refractivity contribution in [2.24, 2.45) is 0 Å². The zero-order valence-electron chi connectivity index (χ0n) is 11.0. The number of hydrogen-bond acceptors (Lipinski definition) is 4. The first-order chi connectivity index (χ1) is 10.1. The molecule has 1 aliphatic heterocycles. The third kappa shape index (κ3) is 2.96. The van der Waals surface area contributed by atoms with Crippen LogP contribution in [-0.4, -0.2) is 21.2 Å². The van der Waals surface area contributed by atoms with Gasteiger partial charge >= 0.3 is 6.09 Å². The highest BCUT2D eigenvalue weighted by Gasteiger charge is 2.20. The number of carbonyl (C=O) groups is 1. The monoisotopic (exact) mass is 305 g/mol. The summed E-state index contributed by atoms with van der Waals surface area (Å²) in [6, 6.07) is 7.49. The van der Waals surface area contributed by atoms with E-state index in [9.17, 15) is 4.79 Å². The number of carboxylic acid groups (broad SMARTS) is 1. The first kappa shape index (κ1) is 13.8. The zero-order chi connectivity index (χ0) is 14.8. The molecule has 1 aromatic carbocycles. The molecule has 21 heavy (non-hydrogen) atoms. The lowest BCUT2D eigenvalue weighted by atomic mass is 10.0. The molecule has 1 amide bonds. The van der Waals surface area contributed by atoms with Gasteiger partial charge in [0.05, 0.1) is 24.6 Å². The van der Waals surface area contributed by atoms with Crippen molar-refractivity contribution in [1.29, 1.82) is 0 Å². The van der Waals surface area contributed by atoms with Crippen LogP contribution in [0.4, 0.5) is 4.79 Å². The van der Waals surface area contributed by atoms with Gasteiger partial charge in [-0.3, -0.25) is 0 Å². The van der Waals surface area contributed by atoms with Crippen molar-refractivity contribution in [3.8, 4) is 11.3 Å². The largest absolute Gasteiger partial charge is 0.465 e. The van der Waals surface area contributed by atoms with Gasteiger partial charge in [0, 0.05) is 17.7 Å². The van der Waals surface area contributed by atoms with Crippen LogP contribution in [0, 0.1) is 0 Å². The average Bonchev–Trinajstić information content (AvgIpc) is 2.92. The standard InChI is InChI=1S/C14H12ClN3O3/c15-13-17-11-7-21-6-10(11)12(18-13)9-3-1-2-8(4-9)5-16-14(19)20/h1-4,16H,5-7H2,(H,19,20). The number of nitrogens with zero attached hydrogens (tertiary/aromatic N) is 2. The van der Waals surface area contributed by atoms with Gasteiger partial charge in [-0.25, -0.2) is 14.8 Å². The molecule has 2 aromatic rings. The fraction of sp³-hybridized carbons (Fsp3) is 0.214. The third-order valence-electron chi connectivity index (χ3n) is 3.19. The van der Waals surface area contributed by atoms with E-state index < -0.39 is 6.09 Å². The Hall–Kier alpha value is -2.18. The normalized spacial score (nSPS) is 13.0. The maximum absolute atomic E-state index is 10.6. The topological polar surface area (TPSA) is 84.3 Å². The van der Waals surface area contributed by atoms with Crippen LogP contribution in [0.1, 0.15) is 16.8 Å². The van der Waals surface area contributed by atoms with Crippen molar-refractivity contribution in [2.45, 2.75) is 19.8 Å². The molecule has 1 aliphatic rings. The van der Waals surface area contributed by atoms with Crippen LogP contribution >= 0.6 is 11.6 Å². The number of aromatic nitrogens is 2. The molecule has 108 valence electrons. The maximum Gasteiger partial charge on any atom is 0.404 e. The van der Waals surface area contributed by atoms with Gasteiger partial charge in [-0.2, -0.15) is 0 Å². The van der Waals surface area contributed by atoms with E-state index in [4.69, 9.17) is 21.4 Å². The van der Waals surface area contributed by atoms with Crippen molar-refractivity contribution < 1.29 is 14.6 Å². The molecular weight excluding hydrogens is 294 g/mol. The van der Waals surface area contributed by atoms with E-state index in [1.165, 1.54) is 0 Å². The maximum atomic E-state index is 10.6. The molecular formula is C14H12ClN3O3. The highest BCUT2D eigenvalue weighted by molar-refractivity contribution is 6.28. The number of benzene rings is 1. The van der Waals surface area contributed by atoms with Crippen molar-refractivity contribution >= 4 is 17.7 Å². The number of nitrogens with one attached hydrogen (secondary N) is 1. The number of halogens is 1. The highest BCUT2D eigenvalue weighted by atomic mass is 35.5. The summed E-state index contributed by atoms with van der Waals surface area (Å²) >= 11 is 5.95. The second-order valence-electron chi connectivity index (χ2n) is 4.62. The molecule has 0 fully saturated rings. The predicted molar refractivity (Wildman–Crippen MR) is 75.8 cm³/mol. The Labute approximate surface area is 125 Å². The highest BCUT2D eigenvalue weighted by Crippen LogP contribution is 2.30. The van der Waals surface area contributed by atoms with E-state index in [0.717, 1.165) is 28.1 Å². The van der Waals surface area contributed by atoms with Crippen LogP contribution in [0.25, 0.3) is 11.3 Å². The number of amides is 1. The Bertz CT molecular complexity index is 706. The third-order valence-corrected chi connectivity index (χ3v) is 3.36. The summed E-state index contributed by atoms with van der Waals surface area (Å²) in [5.41, 5.74) is 4.18. The van der Waals surface area contributed by atoms with Gasteiger partial charge in [-0.05, 0) is 23.2 Å². The lowest BCUT2D eigenvalue weighted by molar-refractivity contribution is 0.133. The van der Waals surface area contributed by atoms with E-state index in [2.05, 4.69) is 15.3 Å². The second kappa shape index (κ2) is 5.67. The predicted octanol–water partition coefficient (Wildman–Crippen LogP) is 2.59. The Kier molecular flexibility index (Phi) is 3.72. The zero-order valence-corrected chi connectivity index (χ0v) is 11.7. The number of fused-ring (bicyclic) bond motifs is 1. The van der Waals surface area contributed by atoms with Crippen molar-refractivity contribution in [1.82, 2.24) is 15.3 Å². The summed E-state index contributed by atoms with van der Waals surface area (Å²) in [5, 5.41) is 11.2. The summed E-state index contributed by atoms with van der Waals surface area (Å²) < 4.78 is 5.39. The van der Waals surface area contributed by atoms with Gasteiger partial charge in [0.15, 0.2) is 0 Å². The molecule has 0 spiro atoms. The summed E-state index contributed by atoms with van der Waals surface area (Å²) in [5.74, 6) is 0. The van der Waals surface area contributed by atoms with Gasteiger partial charge in [0.25, 0.3) is 0 Å². The summed E-state index contributed by atoms with van der Waals surface area (Å²) in [7, 11) is 0. The Morgan fingerprint density at radius 1 is 1.38 bits per heavy atom. The van der Waals surface area contributed by atoms with Gasteiger partial charge in [-0.1, -0.05) is 18.2 Å². The molecule has 3 rings (SSSR count). The smallest absolute Gasteiger partial charge is 0.404 e. The number of hydrogen-bond donors (Lipinski definition) is 2. The molecule has 2 N–H and O–H groups in total. The molecule has 0 aliphatic carbocycles. The Balaban J connectivity index is 1.97. The molecule has 0 atom stereocenters. The summed E-state index contributed by atoms with van der Waals surface area (Å²) in [6.07, 6.45) is -1.06.